The lowest BCUT2D eigenvalue weighted by atomic mass is 10.1. The zero-order valence-corrected chi connectivity index (χ0v) is 15.8. The Labute approximate surface area is 158 Å². The van der Waals surface area contributed by atoms with E-state index < -0.39 is 0 Å². The number of nitrogens with zero attached hydrogens (tertiary/aromatic N) is 3. The first kappa shape index (κ1) is 16.9. The van der Waals surface area contributed by atoms with Gasteiger partial charge in [-0.2, -0.15) is 0 Å². The molecule has 0 radical (unpaired) electrons. The number of thioether (sulfide) groups is 1. The first-order valence-corrected chi connectivity index (χ1v) is 9.72. The second-order valence-electron chi connectivity index (χ2n) is 6.61. The number of aromatic nitrogens is 3. The number of pyridine rings is 1. The van der Waals surface area contributed by atoms with E-state index in [4.69, 9.17) is 4.98 Å². The second kappa shape index (κ2) is 7.34. The van der Waals surface area contributed by atoms with E-state index in [1.165, 1.54) is 22.3 Å². The predicted molar refractivity (Wildman–Crippen MR) is 109 cm³/mol. The fourth-order valence-corrected chi connectivity index (χ4v) is 4.11. The number of hydrogen-bond acceptors (Lipinski definition) is 3. The van der Waals surface area contributed by atoms with Gasteiger partial charge < -0.3 is 4.57 Å². The molecule has 0 aliphatic carbocycles. The Bertz CT molecular complexity index is 1050. The van der Waals surface area contributed by atoms with Crippen LogP contribution in [-0.2, 0) is 12.3 Å². The fourth-order valence-electron chi connectivity index (χ4n) is 3.15. The van der Waals surface area contributed by atoms with Crippen molar-refractivity contribution in [2.45, 2.75) is 31.3 Å². The van der Waals surface area contributed by atoms with Crippen molar-refractivity contribution in [2.24, 2.45) is 0 Å². The summed E-state index contributed by atoms with van der Waals surface area (Å²) in [6.45, 7) is 5.07. The second-order valence-corrected chi connectivity index (χ2v) is 7.55. The van der Waals surface area contributed by atoms with E-state index in [1.807, 2.05) is 12.3 Å². The quantitative estimate of drug-likeness (QED) is 0.448. The van der Waals surface area contributed by atoms with E-state index in [-0.39, 0.29) is 0 Å². The first-order chi connectivity index (χ1) is 12.7. The molecule has 0 N–H and O–H groups in total. The Kier molecular flexibility index (Phi) is 4.76. The minimum atomic E-state index is 0.806. The number of rotatable bonds is 5. The molecule has 0 spiro atoms. The third-order valence-corrected chi connectivity index (χ3v) is 5.44. The lowest BCUT2D eigenvalue weighted by Gasteiger charge is -2.10. The van der Waals surface area contributed by atoms with Crippen LogP contribution in [-0.4, -0.2) is 14.5 Å². The predicted octanol–water partition coefficient (Wildman–Crippen LogP) is 5.39. The molecule has 0 saturated carbocycles. The van der Waals surface area contributed by atoms with Crippen molar-refractivity contribution in [3.8, 4) is 0 Å². The average molecular weight is 359 g/mol. The summed E-state index contributed by atoms with van der Waals surface area (Å²) in [5, 5.41) is 1.04. The molecule has 2 aromatic heterocycles. The van der Waals surface area contributed by atoms with Crippen molar-refractivity contribution < 1.29 is 0 Å². The molecular weight excluding hydrogens is 338 g/mol. The number of benzene rings is 2. The molecule has 0 atom stereocenters. The molecule has 4 aromatic rings. The van der Waals surface area contributed by atoms with Crippen molar-refractivity contribution in [3.05, 3.63) is 89.2 Å². The third kappa shape index (κ3) is 3.65. The van der Waals surface area contributed by atoms with E-state index in [0.717, 1.165) is 28.5 Å². The number of imidazole rings is 1. The topological polar surface area (TPSA) is 30.7 Å². The molecule has 0 saturated heterocycles. The summed E-state index contributed by atoms with van der Waals surface area (Å²) in [6, 6.07) is 19.3. The molecule has 0 unspecified atom stereocenters. The van der Waals surface area contributed by atoms with E-state index in [0.29, 0.717) is 0 Å². The monoisotopic (exact) mass is 359 g/mol. The summed E-state index contributed by atoms with van der Waals surface area (Å²) in [4.78, 5) is 9.16. The standard InChI is InChI=1S/C22H21N3S/c1-16-5-3-7-18(11-16)14-25-21-13-23-10-9-20(21)24-22(25)26-15-19-8-4-6-17(2)12-19/h3-13H,14-15H2,1-2H3. The van der Waals surface area contributed by atoms with Crippen molar-refractivity contribution in [3.63, 3.8) is 0 Å². The highest BCUT2D eigenvalue weighted by Crippen LogP contribution is 2.27. The summed E-state index contributed by atoms with van der Waals surface area (Å²) < 4.78 is 2.28. The fraction of sp³-hybridized carbons (Fsp3) is 0.182. The van der Waals surface area contributed by atoms with Crippen molar-refractivity contribution in [1.82, 2.24) is 14.5 Å². The molecule has 0 aliphatic heterocycles. The van der Waals surface area contributed by atoms with Gasteiger partial charge in [-0.15, -0.1) is 0 Å². The van der Waals surface area contributed by atoms with Crippen LogP contribution in [0.1, 0.15) is 22.3 Å². The lowest BCUT2D eigenvalue weighted by Crippen LogP contribution is -2.02. The molecule has 0 amide bonds. The maximum Gasteiger partial charge on any atom is 0.169 e. The summed E-state index contributed by atoms with van der Waals surface area (Å²) in [6.07, 6.45) is 3.72. The van der Waals surface area contributed by atoms with Gasteiger partial charge in [0.25, 0.3) is 0 Å². The van der Waals surface area contributed by atoms with Crippen LogP contribution in [0.25, 0.3) is 11.0 Å². The van der Waals surface area contributed by atoms with Crippen LogP contribution < -0.4 is 0 Å². The molecule has 2 heterocycles. The van der Waals surface area contributed by atoms with Gasteiger partial charge in [-0.25, -0.2) is 4.98 Å². The molecular formula is C22H21N3S. The smallest absolute Gasteiger partial charge is 0.169 e. The van der Waals surface area contributed by atoms with Crippen molar-refractivity contribution >= 4 is 22.8 Å². The number of hydrogen-bond donors (Lipinski definition) is 0. The van der Waals surface area contributed by atoms with Crippen LogP contribution in [0.4, 0.5) is 0 Å². The molecule has 26 heavy (non-hydrogen) atoms. The Morgan fingerprint density at radius 2 is 1.65 bits per heavy atom. The lowest BCUT2D eigenvalue weighted by molar-refractivity contribution is 0.729. The molecule has 3 nitrogen and oxygen atoms in total. The van der Waals surface area contributed by atoms with E-state index in [2.05, 4.69) is 71.9 Å². The molecule has 0 bridgehead atoms. The van der Waals surface area contributed by atoms with Gasteiger partial charge in [0.1, 0.15) is 0 Å². The summed E-state index contributed by atoms with van der Waals surface area (Å²) in [5.74, 6) is 0.909. The first-order valence-electron chi connectivity index (χ1n) is 8.73. The molecule has 4 rings (SSSR count). The minimum Gasteiger partial charge on any atom is -0.313 e. The maximum absolute atomic E-state index is 4.85. The molecule has 0 aliphatic rings. The van der Waals surface area contributed by atoms with Gasteiger partial charge >= 0.3 is 0 Å². The van der Waals surface area contributed by atoms with E-state index in [9.17, 15) is 0 Å². The third-order valence-electron chi connectivity index (χ3n) is 4.39. The van der Waals surface area contributed by atoms with Gasteiger partial charge in [-0.3, -0.25) is 4.98 Å². The van der Waals surface area contributed by atoms with E-state index in [1.54, 1.807) is 18.0 Å². The Balaban J connectivity index is 1.67. The highest BCUT2D eigenvalue weighted by Gasteiger charge is 2.12. The zero-order chi connectivity index (χ0) is 17.9. The maximum atomic E-state index is 4.85. The van der Waals surface area contributed by atoms with Crippen LogP contribution in [0.15, 0.2) is 72.1 Å². The summed E-state index contributed by atoms with van der Waals surface area (Å²) in [5.41, 5.74) is 7.26. The van der Waals surface area contributed by atoms with Crippen LogP contribution in [0.2, 0.25) is 0 Å². The molecule has 4 heteroatoms. The number of fused-ring (bicyclic) bond motifs is 1. The van der Waals surface area contributed by atoms with Crippen LogP contribution in [0.3, 0.4) is 0 Å². The summed E-state index contributed by atoms with van der Waals surface area (Å²) >= 11 is 1.78. The number of aryl methyl sites for hydroxylation is 2. The molecule has 2 aromatic carbocycles. The Morgan fingerprint density at radius 3 is 2.42 bits per heavy atom. The summed E-state index contributed by atoms with van der Waals surface area (Å²) in [7, 11) is 0. The largest absolute Gasteiger partial charge is 0.313 e. The van der Waals surface area contributed by atoms with Crippen LogP contribution in [0.5, 0.6) is 0 Å². The van der Waals surface area contributed by atoms with Gasteiger partial charge in [-0.1, -0.05) is 71.4 Å². The molecule has 0 fully saturated rings. The van der Waals surface area contributed by atoms with E-state index >= 15 is 0 Å². The average Bonchev–Trinajstić information content (AvgIpc) is 2.98. The molecule has 130 valence electrons. The van der Waals surface area contributed by atoms with Gasteiger partial charge in [0.2, 0.25) is 0 Å². The SMILES string of the molecule is Cc1cccc(CSc2nc3ccncc3n2Cc2cccc(C)c2)c1. The minimum absolute atomic E-state index is 0.806. The van der Waals surface area contributed by atoms with Gasteiger partial charge in [0.05, 0.1) is 23.8 Å². The zero-order valence-electron chi connectivity index (χ0n) is 15.0. The Morgan fingerprint density at radius 1 is 0.923 bits per heavy atom. The van der Waals surface area contributed by atoms with Gasteiger partial charge in [-0.05, 0) is 31.0 Å². The van der Waals surface area contributed by atoms with Crippen molar-refractivity contribution in [2.75, 3.05) is 0 Å². The highest BCUT2D eigenvalue weighted by molar-refractivity contribution is 7.98. The van der Waals surface area contributed by atoms with Crippen molar-refractivity contribution in [1.29, 1.82) is 0 Å². The Hall–Kier alpha value is -2.59. The highest BCUT2D eigenvalue weighted by atomic mass is 32.2. The van der Waals surface area contributed by atoms with Crippen LogP contribution in [0, 0.1) is 13.8 Å². The van der Waals surface area contributed by atoms with Gasteiger partial charge in [0.15, 0.2) is 5.16 Å². The van der Waals surface area contributed by atoms with Gasteiger partial charge in [0, 0.05) is 11.9 Å². The van der Waals surface area contributed by atoms with Crippen LogP contribution >= 0.6 is 11.8 Å². The normalized spacial score (nSPS) is 11.2.